The van der Waals surface area contributed by atoms with Crippen LogP contribution in [0.5, 0.6) is 5.75 Å². The average Bonchev–Trinajstić information content (AvgIpc) is 3.44. The fourth-order valence-electron chi connectivity index (χ4n) is 4.72. The molecule has 2 aromatic carbocycles. The van der Waals surface area contributed by atoms with Crippen LogP contribution in [-0.4, -0.2) is 29.9 Å². The van der Waals surface area contributed by atoms with Crippen molar-refractivity contribution in [1.29, 1.82) is 0 Å². The van der Waals surface area contributed by atoms with E-state index in [1.165, 1.54) is 42.8 Å². The number of anilines is 1. The Morgan fingerprint density at radius 3 is 2.51 bits per heavy atom. The van der Waals surface area contributed by atoms with Gasteiger partial charge in [0.05, 0.1) is 16.7 Å². The molecule has 2 aliphatic rings. The number of benzene rings is 2. The molecule has 0 radical (unpaired) electrons. The summed E-state index contributed by atoms with van der Waals surface area (Å²) < 4.78 is 20.8. The van der Waals surface area contributed by atoms with Crippen molar-refractivity contribution in [2.45, 2.75) is 25.4 Å². The molecule has 2 aliphatic carbocycles. The number of carbonyl (C=O) groups is 2. The Bertz CT molecular complexity index is 1320. The van der Waals surface area contributed by atoms with E-state index >= 15 is 0 Å². The van der Waals surface area contributed by atoms with Crippen molar-refractivity contribution < 1.29 is 18.7 Å². The van der Waals surface area contributed by atoms with Crippen LogP contribution in [0.4, 0.5) is 10.2 Å². The van der Waals surface area contributed by atoms with Gasteiger partial charge in [-0.05, 0) is 67.5 Å². The lowest BCUT2D eigenvalue weighted by Crippen LogP contribution is -2.29. The van der Waals surface area contributed by atoms with Crippen LogP contribution in [0.1, 0.15) is 40.0 Å². The number of primary amides is 1. The summed E-state index contributed by atoms with van der Waals surface area (Å²) in [6, 6.07) is 10.5. The summed E-state index contributed by atoms with van der Waals surface area (Å²) in [6.07, 6.45) is 4.60. The van der Waals surface area contributed by atoms with Gasteiger partial charge < -0.3 is 10.5 Å². The molecule has 0 spiro atoms. The molecule has 2 N–H and O–H groups in total. The summed E-state index contributed by atoms with van der Waals surface area (Å²) in [6.45, 7) is 0. The van der Waals surface area contributed by atoms with E-state index in [1.54, 1.807) is 24.3 Å². The molecule has 5 rings (SSSR count). The van der Waals surface area contributed by atoms with Gasteiger partial charge in [0.15, 0.2) is 11.6 Å². The smallest absolute Gasteiger partial charge is 0.263 e. The van der Waals surface area contributed by atoms with Crippen LogP contribution in [0.2, 0.25) is 10.0 Å². The number of fused-ring (bicyclic) bond motifs is 1. The highest BCUT2D eigenvalue weighted by molar-refractivity contribution is 6.34. The Kier molecular flexibility index (Phi) is 6.15. The highest BCUT2D eigenvalue weighted by Gasteiger charge is 2.47. The molecule has 1 heterocycles. The zero-order valence-corrected chi connectivity index (χ0v) is 20.3. The third-order valence-corrected chi connectivity index (χ3v) is 7.33. The van der Waals surface area contributed by atoms with Crippen molar-refractivity contribution in [1.82, 2.24) is 4.98 Å². The van der Waals surface area contributed by atoms with Gasteiger partial charge in [-0.25, -0.2) is 9.37 Å². The summed E-state index contributed by atoms with van der Waals surface area (Å²) >= 11 is 12.5. The molecule has 6 nitrogen and oxygen atoms in total. The van der Waals surface area contributed by atoms with Crippen molar-refractivity contribution in [2.24, 2.45) is 17.6 Å². The number of aromatic nitrogens is 1. The molecule has 2 saturated carbocycles. The van der Waals surface area contributed by atoms with Gasteiger partial charge in [-0.1, -0.05) is 29.3 Å². The Balaban J connectivity index is 1.55. The molecule has 0 saturated heterocycles. The number of nitrogens with two attached hydrogens (primary N) is 1. The Labute approximate surface area is 211 Å². The SMILES string of the molecule is CN(C(=O)c1c(F)cccc1Cl)c1ncc(-c2cc(C(N)=O)ccc2Cl)cc1O[C@H]1C[C@@H]2C[C@@H]2C1. The third-order valence-electron chi connectivity index (χ3n) is 6.69. The number of hydrogen-bond acceptors (Lipinski definition) is 4. The van der Waals surface area contributed by atoms with Crippen LogP contribution < -0.4 is 15.4 Å². The van der Waals surface area contributed by atoms with E-state index in [9.17, 15) is 14.0 Å². The molecular formula is C26H22Cl2FN3O3. The van der Waals surface area contributed by atoms with Crippen molar-refractivity contribution in [3.05, 3.63) is 75.7 Å². The summed E-state index contributed by atoms with van der Waals surface area (Å²) in [5.74, 6) is -0.0175. The quantitative estimate of drug-likeness (QED) is 0.454. The van der Waals surface area contributed by atoms with Gasteiger partial charge >= 0.3 is 0 Å². The van der Waals surface area contributed by atoms with E-state index < -0.39 is 17.6 Å². The number of ether oxygens (including phenoxy) is 1. The molecule has 0 unspecified atom stereocenters. The summed E-state index contributed by atoms with van der Waals surface area (Å²) in [7, 11) is 1.49. The minimum Gasteiger partial charge on any atom is -0.486 e. The predicted octanol–water partition coefficient (Wildman–Crippen LogP) is 5.75. The molecule has 2 amide bonds. The zero-order valence-electron chi connectivity index (χ0n) is 18.8. The monoisotopic (exact) mass is 513 g/mol. The van der Waals surface area contributed by atoms with Crippen LogP contribution >= 0.6 is 23.2 Å². The van der Waals surface area contributed by atoms with Crippen LogP contribution in [0, 0.1) is 17.7 Å². The van der Waals surface area contributed by atoms with Gasteiger partial charge in [-0.2, -0.15) is 0 Å². The molecular weight excluding hydrogens is 492 g/mol. The molecule has 9 heteroatoms. The first kappa shape index (κ1) is 23.6. The lowest BCUT2D eigenvalue weighted by atomic mass is 10.0. The second kappa shape index (κ2) is 9.13. The van der Waals surface area contributed by atoms with Gasteiger partial charge in [-0.3, -0.25) is 14.5 Å². The highest BCUT2D eigenvalue weighted by Crippen LogP contribution is 2.53. The maximum Gasteiger partial charge on any atom is 0.263 e. The third kappa shape index (κ3) is 4.58. The summed E-state index contributed by atoms with van der Waals surface area (Å²) in [5.41, 5.74) is 6.63. The normalized spacial score (nSPS) is 20.3. The number of nitrogens with zero attached hydrogens (tertiary/aromatic N) is 2. The number of hydrogen-bond donors (Lipinski definition) is 1. The van der Waals surface area contributed by atoms with Gasteiger partial charge in [0.2, 0.25) is 5.91 Å². The largest absolute Gasteiger partial charge is 0.486 e. The average molecular weight is 514 g/mol. The van der Waals surface area contributed by atoms with Gasteiger partial charge in [-0.15, -0.1) is 0 Å². The number of halogens is 3. The maximum absolute atomic E-state index is 14.4. The van der Waals surface area contributed by atoms with Crippen molar-refractivity contribution >= 4 is 40.8 Å². The number of amides is 2. The highest BCUT2D eigenvalue weighted by atomic mass is 35.5. The summed E-state index contributed by atoms with van der Waals surface area (Å²) in [5, 5.41) is 0.409. The van der Waals surface area contributed by atoms with Crippen LogP contribution in [-0.2, 0) is 0 Å². The van der Waals surface area contributed by atoms with E-state index in [4.69, 9.17) is 33.7 Å². The van der Waals surface area contributed by atoms with Crippen molar-refractivity contribution in [3.63, 3.8) is 0 Å². The van der Waals surface area contributed by atoms with E-state index in [-0.39, 0.29) is 22.5 Å². The second-order valence-corrected chi connectivity index (χ2v) is 9.85. The minimum absolute atomic E-state index is 0.00636. The summed E-state index contributed by atoms with van der Waals surface area (Å²) in [4.78, 5) is 30.6. The maximum atomic E-state index is 14.4. The zero-order chi connectivity index (χ0) is 24.9. The Morgan fingerprint density at radius 2 is 1.83 bits per heavy atom. The Morgan fingerprint density at radius 1 is 1.09 bits per heavy atom. The van der Waals surface area contributed by atoms with Gasteiger partial charge in [0.25, 0.3) is 5.91 Å². The van der Waals surface area contributed by atoms with Crippen LogP contribution in [0.3, 0.4) is 0 Å². The topological polar surface area (TPSA) is 85.5 Å². The molecule has 3 atom stereocenters. The Hall–Kier alpha value is -3.16. The minimum atomic E-state index is -0.723. The molecule has 3 aromatic rings. The molecule has 180 valence electrons. The predicted molar refractivity (Wildman–Crippen MR) is 133 cm³/mol. The first-order valence-corrected chi connectivity index (χ1v) is 12.0. The molecule has 35 heavy (non-hydrogen) atoms. The fraction of sp³-hybridized carbons (Fsp3) is 0.269. The molecule has 0 aliphatic heterocycles. The van der Waals surface area contributed by atoms with Crippen molar-refractivity contribution in [2.75, 3.05) is 11.9 Å². The fourth-order valence-corrected chi connectivity index (χ4v) is 5.19. The van der Waals surface area contributed by atoms with E-state index in [0.29, 0.717) is 39.3 Å². The van der Waals surface area contributed by atoms with Crippen LogP contribution in [0.15, 0.2) is 48.7 Å². The van der Waals surface area contributed by atoms with E-state index in [1.807, 2.05) is 0 Å². The standard InChI is InChI=1S/C26H22Cl2FN3O3/c1-32(26(34)23-20(28)3-2-4-21(23)29)25-22(35-17-8-14-7-15(14)9-17)11-16(12-31-25)18-10-13(24(30)33)5-6-19(18)27/h2-6,10-12,14-15,17H,7-9H2,1H3,(H2,30,33)/t14-,15+,17-. The van der Waals surface area contributed by atoms with E-state index in [2.05, 4.69) is 4.98 Å². The number of rotatable bonds is 6. The first-order chi connectivity index (χ1) is 16.7. The van der Waals surface area contributed by atoms with Gasteiger partial charge in [0.1, 0.15) is 5.82 Å². The lowest BCUT2D eigenvalue weighted by molar-refractivity contribution is 0.0983. The second-order valence-electron chi connectivity index (χ2n) is 9.03. The first-order valence-electron chi connectivity index (χ1n) is 11.2. The van der Waals surface area contributed by atoms with Gasteiger partial charge in [0, 0.05) is 35.0 Å². The number of carbonyl (C=O) groups excluding carboxylic acids is 2. The molecule has 0 bridgehead atoms. The van der Waals surface area contributed by atoms with Crippen LogP contribution in [0.25, 0.3) is 11.1 Å². The molecule has 1 aromatic heterocycles. The molecule has 2 fully saturated rings. The lowest BCUT2D eigenvalue weighted by Gasteiger charge is -2.23. The van der Waals surface area contributed by atoms with E-state index in [0.717, 1.165) is 12.8 Å². The number of pyridine rings is 1. The van der Waals surface area contributed by atoms with Crippen molar-refractivity contribution in [3.8, 4) is 16.9 Å².